The number of aryl methyl sites for hydroxylation is 1. The van der Waals surface area contributed by atoms with Crippen LogP contribution in [-0.2, 0) is 30.8 Å². The minimum absolute atomic E-state index is 0. The Kier molecular flexibility index (Phi) is 12.5. The van der Waals surface area contributed by atoms with Gasteiger partial charge in [-0.2, -0.15) is 4.72 Å². The van der Waals surface area contributed by atoms with Crippen molar-refractivity contribution in [2.75, 3.05) is 20.2 Å². The Morgan fingerprint density at radius 1 is 1.05 bits per heavy atom. The number of hydrogen-bond donors (Lipinski definition) is 5. The summed E-state index contributed by atoms with van der Waals surface area (Å²) < 4.78 is 34.7. The number of carbonyl (C=O) groups excluding carboxylic acids is 2. The molecule has 3 rings (SSSR count). The molecule has 1 aliphatic heterocycles. The van der Waals surface area contributed by atoms with E-state index in [2.05, 4.69) is 10.0 Å². The van der Waals surface area contributed by atoms with E-state index in [1.807, 2.05) is 0 Å². The van der Waals surface area contributed by atoms with Gasteiger partial charge in [-0.15, -0.1) is 12.4 Å². The minimum Gasteiger partial charge on any atom is -0.496 e. The number of ether oxygens (including phenoxy) is 1. The summed E-state index contributed by atoms with van der Waals surface area (Å²) in [6.07, 6.45) is 1.86. The highest BCUT2D eigenvalue weighted by molar-refractivity contribution is 7.89. The maximum absolute atomic E-state index is 13.5. The van der Waals surface area contributed by atoms with Crippen LogP contribution < -0.4 is 20.5 Å². The Hall–Kier alpha value is -3.68. The largest absolute Gasteiger partial charge is 0.496 e. The van der Waals surface area contributed by atoms with E-state index in [-0.39, 0.29) is 35.5 Å². The smallest absolute Gasteiger partial charge is 0.305 e. The van der Waals surface area contributed by atoms with Crippen LogP contribution in [0.4, 0.5) is 0 Å². The van der Waals surface area contributed by atoms with E-state index in [1.165, 1.54) is 7.11 Å². The van der Waals surface area contributed by atoms with E-state index in [4.69, 9.17) is 15.9 Å². The first-order valence-corrected chi connectivity index (χ1v) is 15.1. The fourth-order valence-electron chi connectivity index (χ4n) is 5.12. The van der Waals surface area contributed by atoms with Gasteiger partial charge >= 0.3 is 5.97 Å². The van der Waals surface area contributed by atoms with E-state index in [9.17, 15) is 27.9 Å². The molecule has 1 saturated heterocycles. The molecule has 0 saturated carbocycles. The van der Waals surface area contributed by atoms with Gasteiger partial charge in [0, 0.05) is 25.1 Å². The van der Waals surface area contributed by atoms with Gasteiger partial charge in [0.25, 0.3) is 0 Å². The number of carboxylic acids is 1. The molecule has 14 heteroatoms. The lowest BCUT2D eigenvalue weighted by molar-refractivity contribution is -0.140. The molecule has 2 aromatic carbocycles. The van der Waals surface area contributed by atoms with Gasteiger partial charge in [-0.05, 0) is 68.4 Å². The highest BCUT2D eigenvalue weighted by atomic mass is 35.5. The van der Waals surface area contributed by atoms with Gasteiger partial charge in [0.05, 0.1) is 18.4 Å². The number of amides is 2. The lowest BCUT2D eigenvalue weighted by atomic mass is 10.0. The third-order valence-corrected chi connectivity index (χ3v) is 9.21. The third kappa shape index (κ3) is 8.91. The molecule has 0 bridgehead atoms. The van der Waals surface area contributed by atoms with E-state index in [1.54, 1.807) is 56.0 Å². The second-order valence-corrected chi connectivity index (χ2v) is 12.2. The molecule has 1 heterocycles. The molecular formula is C29H40ClN5O7S. The van der Waals surface area contributed by atoms with Gasteiger partial charge in [-0.25, -0.2) is 8.42 Å². The summed E-state index contributed by atoms with van der Waals surface area (Å²) in [6.45, 7) is 5.94. The number of nitrogen functional groups attached to an aromatic ring is 1. The first-order valence-electron chi connectivity index (χ1n) is 13.7. The molecule has 0 radical (unpaired) electrons. The first kappa shape index (κ1) is 35.5. The quantitative estimate of drug-likeness (QED) is 0.173. The number of nitrogens with two attached hydrogens (primary N) is 1. The Balaban J connectivity index is 0.00000645. The van der Waals surface area contributed by atoms with Crippen LogP contribution in [0.3, 0.4) is 0 Å². The summed E-state index contributed by atoms with van der Waals surface area (Å²) >= 11 is 0. The Morgan fingerprint density at radius 2 is 1.65 bits per heavy atom. The number of aliphatic carboxylic acids is 1. The zero-order chi connectivity index (χ0) is 31.2. The van der Waals surface area contributed by atoms with Crippen LogP contribution in [0.1, 0.15) is 53.5 Å². The number of rotatable bonds is 12. The average molecular weight is 638 g/mol. The molecule has 1 fully saturated rings. The van der Waals surface area contributed by atoms with Gasteiger partial charge in [0.2, 0.25) is 21.8 Å². The van der Waals surface area contributed by atoms with Crippen molar-refractivity contribution < 1.29 is 32.6 Å². The van der Waals surface area contributed by atoms with Crippen molar-refractivity contribution in [1.29, 1.82) is 5.41 Å². The standard InChI is InChI=1S/C29H39N5O7S.ClH/c1-17-14-24(41-4)18(2)19(3)26(17)42(39,40)33-22(16-25(35)36)28(37)32-23(29(38)34-12-6-5-7-13-34)15-20-8-10-21(11-9-20)27(30)31;/h8-11,14,22-23,33H,5-7,12-13,15-16H2,1-4H3,(H3,30,31)(H,32,37)(H,35,36);1H/t22-,23+;/m0./s1. The molecule has 0 aromatic heterocycles. The van der Waals surface area contributed by atoms with E-state index in [0.717, 1.165) is 19.3 Å². The third-order valence-electron chi connectivity index (χ3n) is 7.45. The molecule has 2 amide bonds. The average Bonchev–Trinajstić information content (AvgIpc) is 2.94. The summed E-state index contributed by atoms with van der Waals surface area (Å²) in [5.41, 5.74) is 8.07. The summed E-state index contributed by atoms with van der Waals surface area (Å²) in [5.74, 6) is -2.28. The van der Waals surface area contributed by atoms with Crippen LogP contribution in [0.2, 0.25) is 0 Å². The monoisotopic (exact) mass is 637 g/mol. The van der Waals surface area contributed by atoms with Crippen LogP contribution in [0.5, 0.6) is 5.75 Å². The number of carboxylic acid groups (broad SMARTS) is 1. The van der Waals surface area contributed by atoms with Gasteiger partial charge in [0.1, 0.15) is 23.7 Å². The van der Waals surface area contributed by atoms with Crippen molar-refractivity contribution in [3.8, 4) is 5.75 Å². The fraction of sp³-hybridized carbons (Fsp3) is 0.448. The fourth-order valence-corrected chi connectivity index (χ4v) is 6.84. The van der Waals surface area contributed by atoms with Gasteiger partial charge in [-0.1, -0.05) is 24.3 Å². The number of likely N-dealkylation sites (tertiary alicyclic amines) is 1. The molecule has 2 atom stereocenters. The summed E-state index contributed by atoms with van der Waals surface area (Å²) in [7, 11) is -2.89. The number of piperidine rings is 1. The molecule has 0 unspecified atom stereocenters. The van der Waals surface area contributed by atoms with Crippen molar-refractivity contribution in [1.82, 2.24) is 14.9 Å². The molecule has 1 aliphatic rings. The van der Waals surface area contributed by atoms with Crippen LogP contribution >= 0.6 is 12.4 Å². The second kappa shape index (κ2) is 15.2. The number of sulfonamides is 1. The second-order valence-electron chi connectivity index (χ2n) is 10.5. The van der Waals surface area contributed by atoms with Gasteiger partial charge < -0.3 is 25.8 Å². The zero-order valence-electron chi connectivity index (χ0n) is 24.7. The summed E-state index contributed by atoms with van der Waals surface area (Å²) in [6, 6.07) is 5.43. The van der Waals surface area contributed by atoms with Crippen molar-refractivity contribution in [3.05, 3.63) is 58.1 Å². The van der Waals surface area contributed by atoms with Crippen molar-refractivity contribution in [3.63, 3.8) is 0 Å². The normalized spacial score (nSPS) is 14.7. The van der Waals surface area contributed by atoms with E-state index >= 15 is 0 Å². The molecule has 236 valence electrons. The zero-order valence-corrected chi connectivity index (χ0v) is 26.4. The number of benzene rings is 2. The summed E-state index contributed by atoms with van der Waals surface area (Å²) in [4.78, 5) is 40.4. The van der Waals surface area contributed by atoms with Crippen molar-refractivity contribution in [2.24, 2.45) is 5.73 Å². The Bertz CT molecular complexity index is 1460. The number of nitrogens with zero attached hydrogens (tertiary/aromatic N) is 1. The molecule has 6 N–H and O–H groups in total. The lowest BCUT2D eigenvalue weighted by Gasteiger charge is -2.31. The van der Waals surface area contributed by atoms with Crippen LogP contribution in [0.25, 0.3) is 0 Å². The molecule has 43 heavy (non-hydrogen) atoms. The number of methoxy groups -OCH3 is 1. The number of nitrogens with one attached hydrogen (secondary N) is 3. The molecule has 2 aromatic rings. The predicted octanol–water partition coefficient (Wildman–Crippen LogP) is 2.19. The molecule has 12 nitrogen and oxygen atoms in total. The Morgan fingerprint density at radius 3 is 2.19 bits per heavy atom. The number of amidine groups is 1. The van der Waals surface area contributed by atoms with Crippen molar-refractivity contribution in [2.45, 2.75) is 69.9 Å². The number of halogens is 1. The first-order chi connectivity index (χ1) is 19.7. The molecular weight excluding hydrogens is 598 g/mol. The summed E-state index contributed by atoms with van der Waals surface area (Å²) in [5, 5.41) is 19.8. The minimum atomic E-state index is -4.36. The topological polar surface area (TPSA) is 192 Å². The number of carbonyl (C=O) groups is 3. The number of hydrogen-bond acceptors (Lipinski definition) is 7. The highest BCUT2D eigenvalue weighted by Crippen LogP contribution is 2.30. The highest BCUT2D eigenvalue weighted by Gasteiger charge is 2.34. The van der Waals surface area contributed by atoms with Crippen LogP contribution in [0, 0.1) is 26.2 Å². The molecule has 0 spiro atoms. The molecule has 0 aliphatic carbocycles. The van der Waals surface area contributed by atoms with Gasteiger partial charge in [-0.3, -0.25) is 19.8 Å². The lowest BCUT2D eigenvalue weighted by Crippen LogP contribution is -2.56. The maximum atomic E-state index is 13.5. The van der Waals surface area contributed by atoms with Gasteiger partial charge in [0.15, 0.2) is 0 Å². The maximum Gasteiger partial charge on any atom is 0.305 e. The SMILES string of the molecule is COc1cc(C)c(S(=O)(=O)N[C@@H](CC(=O)O)C(=O)N[C@H](Cc2ccc(C(=N)N)cc2)C(=O)N2CCCCC2)c(C)c1C.Cl. The van der Waals surface area contributed by atoms with Crippen molar-refractivity contribution >= 4 is 46.0 Å². The van der Waals surface area contributed by atoms with Crippen LogP contribution in [0.15, 0.2) is 35.2 Å². The van der Waals surface area contributed by atoms with E-state index < -0.39 is 40.4 Å². The Labute approximate surface area is 258 Å². The van der Waals surface area contributed by atoms with Crippen LogP contribution in [-0.4, -0.2) is 74.3 Å². The van der Waals surface area contributed by atoms with E-state index in [0.29, 0.717) is 46.7 Å². The predicted molar refractivity (Wildman–Crippen MR) is 164 cm³/mol.